The highest BCUT2D eigenvalue weighted by molar-refractivity contribution is 5.81. The maximum Gasteiger partial charge on any atom is 0.331 e. The molecule has 1 N–H and O–H groups in total. The predicted molar refractivity (Wildman–Crippen MR) is 113 cm³/mol. The summed E-state index contributed by atoms with van der Waals surface area (Å²) in [5, 5.41) is 3.14. The van der Waals surface area contributed by atoms with E-state index in [1.54, 1.807) is 36.4 Å². The summed E-state index contributed by atoms with van der Waals surface area (Å²) in [7, 11) is 0. The van der Waals surface area contributed by atoms with Crippen LogP contribution in [0.2, 0.25) is 0 Å². The number of nitrogens with zero attached hydrogens (tertiary/aromatic N) is 2. The Morgan fingerprint density at radius 3 is 2.43 bits per heavy atom. The number of aromatic nitrogens is 2. The number of carbonyl (C=O) groups excluding carboxylic acids is 1. The number of fused-ring (bicyclic) bond motifs is 1. The number of aryl methyl sites for hydroxylation is 1. The van der Waals surface area contributed by atoms with Crippen molar-refractivity contribution in [2.24, 2.45) is 0 Å². The Hall–Kier alpha value is -3.87. The minimum Gasteiger partial charge on any atom is -0.467 e. The number of hydrogen-bond acceptors (Lipinski definition) is 4. The molecule has 2 aromatic carbocycles. The van der Waals surface area contributed by atoms with Crippen LogP contribution in [0.15, 0.2) is 87.0 Å². The number of benzene rings is 2. The predicted octanol–water partition coefficient (Wildman–Crippen LogP) is 2.32. The van der Waals surface area contributed by atoms with Crippen molar-refractivity contribution in [3.05, 3.63) is 105 Å². The van der Waals surface area contributed by atoms with Gasteiger partial charge in [0.15, 0.2) is 0 Å². The summed E-state index contributed by atoms with van der Waals surface area (Å²) in [6, 6.07) is 20.0. The van der Waals surface area contributed by atoms with Gasteiger partial charge in [-0.2, -0.15) is 0 Å². The molecule has 0 aliphatic rings. The highest BCUT2D eigenvalue weighted by Crippen LogP contribution is 2.08. The van der Waals surface area contributed by atoms with E-state index in [0.29, 0.717) is 23.1 Å². The normalized spacial score (nSPS) is 10.9. The molecule has 0 aliphatic heterocycles. The third-order valence-corrected chi connectivity index (χ3v) is 4.94. The van der Waals surface area contributed by atoms with Crippen LogP contribution in [-0.2, 0) is 30.8 Å². The molecule has 0 bridgehead atoms. The van der Waals surface area contributed by atoms with E-state index in [4.69, 9.17) is 4.42 Å². The van der Waals surface area contributed by atoms with Crippen LogP contribution in [0.4, 0.5) is 0 Å². The molecule has 0 aliphatic carbocycles. The first-order valence-corrected chi connectivity index (χ1v) is 9.69. The maximum atomic E-state index is 13.1. The van der Waals surface area contributed by atoms with Gasteiger partial charge >= 0.3 is 5.69 Å². The Kier molecular flexibility index (Phi) is 5.61. The molecule has 7 nitrogen and oxygen atoms in total. The minimum atomic E-state index is -0.497. The van der Waals surface area contributed by atoms with E-state index in [1.807, 2.05) is 30.3 Å². The largest absolute Gasteiger partial charge is 0.467 e. The van der Waals surface area contributed by atoms with Crippen molar-refractivity contribution in [2.45, 2.75) is 26.1 Å². The lowest BCUT2D eigenvalue weighted by atomic mass is 10.1. The van der Waals surface area contributed by atoms with E-state index < -0.39 is 5.69 Å². The van der Waals surface area contributed by atoms with E-state index in [2.05, 4.69) is 5.32 Å². The summed E-state index contributed by atoms with van der Waals surface area (Å²) >= 11 is 0. The van der Waals surface area contributed by atoms with E-state index in [9.17, 15) is 14.4 Å². The van der Waals surface area contributed by atoms with Crippen LogP contribution in [0.25, 0.3) is 10.9 Å². The fourth-order valence-corrected chi connectivity index (χ4v) is 3.40. The molecule has 0 fully saturated rings. The van der Waals surface area contributed by atoms with E-state index in [-0.39, 0.29) is 31.1 Å². The number of hydrogen-bond donors (Lipinski definition) is 1. The van der Waals surface area contributed by atoms with Crippen LogP contribution in [0, 0.1) is 0 Å². The molecule has 4 rings (SSSR count). The van der Waals surface area contributed by atoms with Crippen LogP contribution in [0.5, 0.6) is 0 Å². The van der Waals surface area contributed by atoms with Gasteiger partial charge in [0.05, 0.1) is 23.7 Å². The van der Waals surface area contributed by atoms with Gasteiger partial charge < -0.3 is 9.73 Å². The van der Waals surface area contributed by atoms with Crippen molar-refractivity contribution in [1.82, 2.24) is 14.5 Å². The molecular formula is C23H21N3O4. The van der Waals surface area contributed by atoms with Gasteiger partial charge in [0.25, 0.3) is 5.56 Å². The SMILES string of the molecule is O=C(Cn1c(=O)n(CCc2ccccc2)c(=O)c2ccccc21)NCc1ccco1. The molecule has 152 valence electrons. The Bertz CT molecular complexity index is 1270. The number of nitrogens with one attached hydrogen (secondary N) is 1. The molecule has 0 saturated heterocycles. The first-order valence-electron chi connectivity index (χ1n) is 9.69. The Morgan fingerprint density at radius 1 is 0.900 bits per heavy atom. The van der Waals surface area contributed by atoms with Gasteiger partial charge in [-0.25, -0.2) is 4.79 Å². The summed E-state index contributed by atoms with van der Waals surface area (Å²) in [5.74, 6) is 0.278. The number of rotatable bonds is 7. The maximum absolute atomic E-state index is 13.1. The van der Waals surface area contributed by atoms with Crippen molar-refractivity contribution >= 4 is 16.8 Å². The van der Waals surface area contributed by atoms with Crippen molar-refractivity contribution in [3.8, 4) is 0 Å². The third kappa shape index (κ3) is 4.10. The molecular weight excluding hydrogens is 382 g/mol. The van der Waals surface area contributed by atoms with Gasteiger partial charge in [0, 0.05) is 6.54 Å². The topological polar surface area (TPSA) is 86.2 Å². The van der Waals surface area contributed by atoms with Crippen molar-refractivity contribution in [2.75, 3.05) is 0 Å². The van der Waals surface area contributed by atoms with E-state index in [0.717, 1.165) is 5.56 Å². The van der Waals surface area contributed by atoms with Crippen LogP contribution < -0.4 is 16.6 Å². The van der Waals surface area contributed by atoms with E-state index in [1.165, 1.54) is 15.4 Å². The molecule has 0 atom stereocenters. The second-order valence-electron chi connectivity index (χ2n) is 6.93. The third-order valence-electron chi connectivity index (χ3n) is 4.94. The summed E-state index contributed by atoms with van der Waals surface area (Å²) in [6.07, 6.45) is 2.07. The van der Waals surface area contributed by atoms with Crippen LogP contribution >= 0.6 is 0 Å². The zero-order valence-corrected chi connectivity index (χ0v) is 16.3. The average molecular weight is 403 g/mol. The van der Waals surface area contributed by atoms with Crippen molar-refractivity contribution < 1.29 is 9.21 Å². The molecule has 0 saturated carbocycles. The molecule has 0 unspecified atom stereocenters. The summed E-state index contributed by atoms with van der Waals surface area (Å²) in [5.41, 5.74) is 0.623. The number of para-hydroxylation sites is 1. The van der Waals surface area contributed by atoms with E-state index >= 15 is 0 Å². The summed E-state index contributed by atoms with van der Waals surface area (Å²) < 4.78 is 7.76. The fourth-order valence-electron chi connectivity index (χ4n) is 3.40. The van der Waals surface area contributed by atoms with Crippen LogP contribution in [0.1, 0.15) is 11.3 Å². The molecule has 0 spiro atoms. The Labute approximate surface area is 172 Å². The second-order valence-corrected chi connectivity index (χ2v) is 6.93. The standard InChI is InChI=1S/C23H21N3O4/c27-21(24-15-18-9-6-14-30-18)16-26-20-11-5-4-10-19(20)22(28)25(23(26)29)13-12-17-7-2-1-3-8-17/h1-11,14H,12-13,15-16H2,(H,24,27). The Balaban J connectivity index is 1.65. The summed E-state index contributed by atoms with van der Waals surface area (Å²) in [6.45, 7) is 0.276. The lowest BCUT2D eigenvalue weighted by Crippen LogP contribution is -2.42. The zero-order chi connectivity index (χ0) is 20.9. The molecule has 2 aromatic heterocycles. The van der Waals surface area contributed by atoms with Gasteiger partial charge in [0.2, 0.25) is 5.91 Å². The monoisotopic (exact) mass is 403 g/mol. The van der Waals surface area contributed by atoms with Gasteiger partial charge in [-0.05, 0) is 36.2 Å². The van der Waals surface area contributed by atoms with Gasteiger partial charge in [-0.1, -0.05) is 42.5 Å². The lowest BCUT2D eigenvalue weighted by Gasteiger charge is -2.14. The van der Waals surface area contributed by atoms with Gasteiger partial charge in [0.1, 0.15) is 12.3 Å². The quantitative estimate of drug-likeness (QED) is 0.513. The first kappa shape index (κ1) is 19.4. The second kappa shape index (κ2) is 8.65. The molecule has 7 heteroatoms. The highest BCUT2D eigenvalue weighted by Gasteiger charge is 2.15. The first-order chi connectivity index (χ1) is 14.6. The van der Waals surface area contributed by atoms with Crippen LogP contribution in [0.3, 0.4) is 0 Å². The van der Waals surface area contributed by atoms with Gasteiger partial charge in [-0.3, -0.25) is 18.7 Å². The minimum absolute atomic E-state index is 0.189. The van der Waals surface area contributed by atoms with Crippen molar-refractivity contribution in [1.29, 1.82) is 0 Å². The number of carbonyl (C=O) groups is 1. The molecule has 1 amide bonds. The molecule has 4 aromatic rings. The lowest BCUT2D eigenvalue weighted by molar-refractivity contribution is -0.121. The number of furan rings is 1. The average Bonchev–Trinajstić information content (AvgIpc) is 3.30. The molecule has 2 heterocycles. The van der Waals surface area contributed by atoms with Crippen LogP contribution in [-0.4, -0.2) is 15.0 Å². The highest BCUT2D eigenvalue weighted by atomic mass is 16.3. The zero-order valence-electron chi connectivity index (χ0n) is 16.3. The molecule has 30 heavy (non-hydrogen) atoms. The molecule has 0 radical (unpaired) electrons. The number of amides is 1. The smallest absolute Gasteiger partial charge is 0.331 e. The van der Waals surface area contributed by atoms with Gasteiger partial charge in [-0.15, -0.1) is 0 Å². The Morgan fingerprint density at radius 2 is 1.67 bits per heavy atom. The fraction of sp³-hybridized carbons (Fsp3) is 0.174. The van der Waals surface area contributed by atoms with Crippen molar-refractivity contribution in [3.63, 3.8) is 0 Å². The summed E-state index contributed by atoms with van der Waals surface area (Å²) in [4.78, 5) is 38.5.